The molecule has 1 amide bonds. The number of carbonyl (C=O) groups excluding carboxylic acids is 2. The molecular formula is C23H24FN5O3. The fourth-order valence-corrected chi connectivity index (χ4v) is 4.23. The van der Waals surface area contributed by atoms with Gasteiger partial charge in [0.05, 0.1) is 29.2 Å². The van der Waals surface area contributed by atoms with Gasteiger partial charge < -0.3 is 14.6 Å². The maximum atomic E-state index is 14.1. The number of aromatic nitrogens is 4. The van der Waals surface area contributed by atoms with E-state index in [1.165, 1.54) is 23.1 Å². The smallest absolute Gasteiger partial charge is 0.295 e. The largest absolute Gasteiger partial charge is 0.507 e. The Kier molecular flexibility index (Phi) is 5.65. The molecule has 1 unspecified atom stereocenters. The zero-order valence-electron chi connectivity index (χ0n) is 18.1. The van der Waals surface area contributed by atoms with E-state index >= 15 is 0 Å². The van der Waals surface area contributed by atoms with Crippen molar-refractivity contribution in [2.24, 2.45) is 7.05 Å². The number of imidazole rings is 1. The van der Waals surface area contributed by atoms with Crippen LogP contribution in [0.3, 0.4) is 0 Å². The fraction of sp³-hybridized carbons (Fsp3) is 0.304. The third-order valence-corrected chi connectivity index (χ3v) is 5.82. The zero-order valence-corrected chi connectivity index (χ0v) is 18.1. The lowest BCUT2D eigenvalue weighted by Crippen LogP contribution is -2.31. The molecule has 3 heterocycles. The van der Waals surface area contributed by atoms with E-state index in [1.54, 1.807) is 44.2 Å². The average Bonchev–Trinajstić information content (AvgIpc) is 3.42. The summed E-state index contributed by atoms with van der Waals surface area (Å²) in [5, 5.41) is 15.5. The first kappa shape index (κ1) is 21.5. The second-order valence-corrected chi connectivity index (χ2v) is 7.87. The predicted octanol–water partition coefficient (Wildman–Crippen LogP) is 2.88. The van der Waals surface area contributed by atoms with Crippen molar-refractivity contribution in [2.45, 2.75) is 32.9 Å². The van der Waals surface area contributed by atoms with Gasteiger partial charge in [0.1, 0.15) is 11.6 Å². The van der Waals surface area contributed by atoms with E-state index in [4.69, 9.17) is 0 Å². The number of Topliss-reactive ketones (excluding diaryl/α,β-unsaturated/α-hetero) is 1. The molecule has 0 radical (unpaired) electrons. The van der Waals surface area contributed by atoms with Gasteiger partial charge >= 0.3 is 0 Å². The number of ketones is 1. The first-order valence-electron chi connectivity index (χ1n) is 10.3. The van der Waals surface area contributed by atoms with Crippen LogP contribution >= 0.6 is 0 Å². The minimum Gasteiger partial charge on any atom is -0.507 e. The highest BCUT2D eigenvalue weighted by Gasteiger charge is 2.46. The number of hydrogen-bond donors (Lipinski definition) is 1. The van der Waals surface area contributed by atoms with Crippen molar-refractivity contribution in [1.29, 1.82) is 0 Å². The Morgan fingerprint density at radius 3 is 2.62 bits per heavy atom. The molecule has 166 valence electrons. The summed E-state index contributed by atoms with van der Waals surface area (Å²) < 4.78 is 17.5. The molecule has 32 heavy (non-hydrogen) atoms. The van der Waals surface area contributed by atoms with Crippen molar-refractivity contribution in [2.75, 3.05) is 6.54 Å². The molecule has 8 nitrogen and oxygen atoms in total. The SMILES string of the molecule is Cc1nn(C)c(C)c1/C(O)=C1\C(=O)C(=O)N(CCCn2ccnc2)C1c1cccc(F)c1. The molecule has 1 N–H and O–H groups in total. The molecule has 9 heteroatoms. The van der Waals surface area contributed by atoms with Crippen molar-refractivity contribution in [1.82, 2.24) is 24.2 Å². The van der Waals surface area contributed by atoms with Gasteiger partial charge in [-0.15, -0.1) is 0 Å². The van der Waals surface area contributed by atoms with Gasteiger partial charge in [0.15, 0.2) is 0 Å². The van der Waals surface area contributed by atoms with Gasteiger partial charge in [-0.1, -0.05) is 12.1 Å². The summed E-state index contributed by atoms with van der Waals surface area (Å²) >= 11 is 0. The number of nitrogens with zero attached hydrogens (tertiary/aromatic N) is 5. The van der Waals surface area contributed by atoms with Crippen molar-refractivity contribution >= 4 is 17.4 Å². The van der Waals surface area contributed by atoms with Crippen molar-refractivity contribution in [3.8, 4) is 0 Å². The average molecular weight is 437 g/mol. The molecule has 0 bridgehead atoms. The minimum atomic E-state index is -0.896. The molecular weight excluding hydrogens is 413 g/mol. The number of hydrogen-bond acceptors (Lipinski definition) is 5. The summed E-state index contributed by atoms with van der Waals surface area (Å²) in [6.07, 6.45) is 5.70. The standard InChI is InChI=1S/C23H24FN5O3/c1-14-18(15(2)27(3)26-14)21(30)19-20(16-6-4-7-17(24)12-16)29(23(32)22(19)31)10-5-9-28-11-8-25-13-28/h4,6-8,11-13,20,30H,5,9-10H2,1-3H3/b21-19+. The number of rotatable bonds is 6. The number of benzene rings is 1. The highest BCUT2D eigenvalue weighted by Crippen LogP contribution is 2.40. The number of amides is 1. The first-order chi connectivity index (χ1) is 15.3. The zero-order chi connectivity index (χ0) is 23.0. The number of aryl methyl sites for hydroxylation is 3. The monoisotopic (exact) mass is 437 g/mol. The lowest BCUT2D eigenvalue weighted by Gasteiger charge is -2.25. The Morgan fingerprint density at radius 1 is 1.22 bits per heavy atom. The number of carbonyl (C=O) groups is 2. The molecule has 1 atom stereocenters. The van der Waals surface area contributed by atoms with Crippen LogP contribution < -0.4 is 0 Å². The van der Waals surface area contributed by atoms with Crippen molar-refractivity contribution in [3.63, 3.8) is 0 Å². The lowest BCUT2D eigenvalue weighted by atomic mass is 9.94. The maximum Gasteiger partial charge on any atom is 0.295 e. The highest BCUT2D eigenvalue weighted by atomic mass is 19.1. The number of likely N-dealkylation sites (tertiary alicyclic amines) is 1. The Labute approximate surface area is 184 Å². The Bertz CT molecular complexity index is 1210. The fourth-order valence-electron chi connectivity index (χ4n) is 4.23. The van der Waals surface area contributed by atoms with Gasteiger partial charge in [-0.05, 0) is 38.0 Å². The van der Waals surface area contributed by atoms with E-state index in [1.807, 2.05) is 10.8 Å². The Balaban J connectivity index is 1.79. The van der Waals surface area contributed by atoms with Gasteiger partial charge in [0.25, 0.3) is 11.7 Å². The normalized spacial score (nSPS) is 18.0. The second kappa shape index (κ2) is 8.41. The van der Waals surface area contributed by atoms with Crippen LogP contribution in [0.1, 0.15) is 35.0 Å². The summed E-state index contributed by atoms with van der Waals surface area (Å²) in [5.74, 6) is -2.29. The summed E-state index contributed by atoms with van der Waals surface area (Å²) in [4.78, 5) is 31.5. The summed E-state index contributed by atoms with van der Waals surface area (Å²) in [6.45, 7) is 4.35. The van der Waals surface area contributed by atoms with Crippen LogP contribution in [0.5, 0.6) is 0 Å². The number of aliphatic hydroxyl groups is 1. The Morgan fingerprint density at radius 2 is 2.00 bits per heavy atom. The maximum absolute atomic E-state index is 14.1. The van der Waals surface area contributed by atoms with Crippen LogP contribution in [0.4, 0.5) is 4.39 Å². The van der Waals surface area contributed by atoms with Gasteiger partial charge in [-0.3, -0.25) is 14.3 Å². The molecule has 2 aromatic heterocycles. The lowest BCUT2D eigenvalue weighted by molar-refractivity contribution is -0.139. The molecule has 1 aromatic carbocycles. The van der Waals surface area contributed by atoms with Crippen LogP contribution in [-0.4, -0.2) is 47.6 Å². The third-order valence-electron chi connectivity index (χ3n) is 5.82. The molecule has 4 rings (SSSR count). The molecule has 1 aliphatic rings. The van der Waals surface area contributed by atoms with Crippen LogP contribution in [0.2, 0.25) is 0 Å². The molecule has 1 fully saturated rings. The van der Waals surface area contributed by atoms with Crippen LogP contribution in [0.15, 0.2) is 48.6 Å². The van der Waals surface area contributed by atoms with Crippen molar-refractivity contribution < 1.29 is 19.1 Å². The highest BCUT2D eigenvalue weighted by molar-refractivity contribution is 6.46. The minimum absolute atomic E-state index is 0.0533. The van der Waals surface area contributed by atoms with Gasteiger partial charge in [0, 0.05) is 38.2 Å². The first-order valence-corrected chi connectivity index (χ1v) is 10.3. The third kappa shape index (κ3) is 3.70. The van der Waals surface area contributed by atoms with E-state index in [9.17, 15) is 19.1 Å². The topological polar surface area (TPSA) is 93.2 Å². The van der Waals surface area contributed by atoms with Crippen LogP contribution in [0.25, 0.3) is 5.76 Å². The summed E-state index contributed by atoms with van der Waals surface area (Å²) in [7, 11) is 1.73. The molecule has 1 aliphatic heterocycles. The number of aliphatic hydroxyl groups excluding tert-OH is 1. The van der Waals surface area contributed by atoms with E-state index in [-0.39, 0.29) is 17.9 Å². The van der Waals surface area contributed by atoms with E-state index in [0.29, 0.717) is 35.5 Å². The van der Waals surface area contributed by atoms with Gasteiger partial charge in [-0.25, -0.2) is 9.37 Å². The van der Waals surface area contributed by atoms with Gasteiger partial charge in [0.2, 0.25) is 0 Å². The second-order valence-electron chi connectivity index (χ2n) is 7.87. The summed E-state index contributed by atoms with van der Waals surface area (Å²) in [5.41, 5.74) is 1.97. The van der Waals surface area contributed by atoms with Crippen molar-refractivity contribution in [3.05, 3.63) is 76.9 Å². The molecule has 3 aromatic rings. The molecule has 0 spiro atoms. The van der Waals surface area contributed by atoms with E-state index in [2.05, 4.69) is 10.1 Å². The van der Waals surface area contributed by atoms with Crippen LogP contribution in [0, 0.1) is 19.7 Å². The quantitative estimate of drug-likeness (QED) is 0.364. The Hall–Kier alpha value is -3.75. The molecule has 1 saturated heterocycles. The number of halogens is 1. The summed E-state index contributed by atoms with van der Waals surface area (Å²) in [6, 6.07) is 4.86. The van der Waals surface area contributed by atoms with Crippen LogP contribution in [-0.2, 0) is 23.2 Å². The van der Waals surface area contributed by atoms with E-state index in [0.717, 1.165) is 0 Å². The van der Waals surface area contributed by atoms with E-state index < -0.39 is 23.5 Å². The molecule has 0 aliphatic carbocycles. The predicted molar refractivity (Wildman–Crippen MR) is 115 cm³/mol. The molecule has 0 saturated carbocycles. The van der Waals surface area contributed by atoms with Gasteiger partial charge in [-0.2, -0.15) is 5.10 Å².